The zero-order chi connectivity index (χ0) is 23.5. The standard InChI is InChI=1S/C26H28ClNO5/c1-3-14-33-19-11-8-16(9-12-19)23-22(24(29)17-10-13-20(27)21(15-17)32-2)25(30)26(31)28(23)18-6-4-5-7-18/h8-13,15,18,23,29H,3-7,14H2,1-2H3/b24-22-. The van der Waals surface area contributed by atoms with E-state index in [1.165, 1.54) is 7.11 Å². The molecule has 0 radical (unpaired) electrons. The van der Waals surface area contributed by atoms with E-state index < -0.39 is 17.7 Å². The van der Waals surface area contributed by atoms with Crippen molar-refractivity contribution in [3.05, 3.63) is 64.2 Å². The third kappa shape index (κ3) is 4.44. The number of aliphatic hydroxyl groups excluding tert-OH is 1. The van der Waals surface area contributed by atoms with Crippen molar-refractivity contribution in [3.8, 4) is 11.5 Å². The van der Waals surface area contributed by atoms with Crippen LogP contribution in [0.1, 0.15) is 56.2 Å². The first-order valence-corrected chi connectivity index (χ1v) is 11.7. The van der Waals surface area contributed by atoms with E-state index in [2.05, 4.69) is 0 Å². The van der Waals surface area contributed by atoms with Crippen molar-refractivity contribution >= 4 is 29.1 Å². The average Bonchev–Trinajstić information content (AvgIpc) is 3.44. The van der Waals surface area contributed by atoms with E-state index in [9.17, 15) is 14.7 Å². The minimum Gasteiger partial charge on any atom is -0.507 e. The van der Waals surface area contributed by atoms with Crippen LogP contribution >= 0.6 is 11.6 Å². The third-order valence-electron chi connectivity index (χ3n) is 6.29. The molecule has 7 heteroatoms. The molecule has 2 aliphatic rings. The Morgan fingerprint density at radius 3 is 2.45 bits per heavy atom. The maximum absolute atomic E-state index is 13.2. The zero-order valence-corrected chi connectivity index (χ0v) is 19.6. The molecule has 1 saturated heterocycles. The second-order valence-corrected chi connectivity index (χ2v) is 8.82. The normalized spacial score (nSPS) is 20.5. The average molecular weight is 470 g/mol. The minimum atomic E-state index is -0.676. The van der Waals surface area contributed by atoms with Crippen molar-refractivity contribution in [1.82, 2.24) is 4.90 Å². The zero-order valence-electron chi connectivity index (χ0n) is 18.8. The number of amides is 1. The maximum atomic E-state index is 13.2. The molecule has 1 unspecified atom stereocenters. The number of Topliss-reactive ketones (excluding diaryl/α,β-unsaturated/α-hetero) is 1. The predicted octanol–water partition coefficient (Wildman–Crippen LogP) is 5.50. The molecule has 1 atom stereocenters. The topological polar surface area (TPSA) is 76.1 Å². The number of rotatable bonds is 7. The number of carbonyl (C=O) groups excluding carboxylic acids is 2. The highest BCUT2D eigenvalue weighted by Crippen LogP contribution is 2.44. The van der Waals surface area contributed by atoms with Gasteiger partial charge in [0.15, 0.2) is 0 Å². The van der Waals surface area contributed by atoms with Crippen LogP contribution in [0.5, 0.6) is 11.5 Å². The molecule has 6 nitrogen and oxygen atoms in total. The summed E-state index contributed by atoms with van der Waals surface area (Å²) < 4.78 is 11.0. The van der Waals surface area contributed by atoms with E-state index in [-0.39, 0.29) is 17.4 Å². The van der Waals surface area contributed by atoms with Crippen LogP contribution in [-0.2, 0) is 9.59 Å². The molecule has 0 bridgehead atoms. The van der Waals surface area contributed by atoms with Crippen LogP contribution < -0.4 is 9.47 Å². The lowest BCUT2D eigenvalue weighted by Gasteiger charge is -2.30. The number of carbonyl (C=O) groups is 2. The first kappa shape index (κ1) is 23.2. The van der Waals surface area contributed by atoms with Gasteiger partial charge in [-0.3, -0.25) is 9.59 Å². The summed E-state index contributed by atoms with van der Waals surface area (Å²) in [4.78, 5) is 28.0. The van der Waals surface area contributed by atoms with Gasteiger partial charge in [0.2, 0.25) is 0 Å². The lowest BCUT2D eigenvalue weighted by molar-refractivity contribution is -0.141. The van der Waals surface area contributed by atoms with Gasteiger partial charge in [0.05, 0.1) is 30.4 Å². The molecule has 1 aliphatic heterocycles. The SMILES string of the molecule is CCCOc1ccc(C2/C(=C(/O)c3ccc(Cl)c(OC)c3)C(=O)C(=O)N2C2CCCC2)cc1. The van der Waals surface area contributed by atoms with E-state index in [1.54, 1.807) is 23.1 Å². The summed E-state index contributed by atoms with van der Waals surface area (Å²) in [5, 5.41) is 11.6. The van der Waals surface area contributed by atoms with Gasteiger partial charge in [0.25, 0.3) is 11.7 Å². The van der Waals surface area contributed by atoms with Crippen molar-refractivity contribution in [1.29, 1.82) is 0 Å². The Kier molecular flexibility index (Phi) is 6.94. The van der Waals surface area contributed by atoms with Gasteiger partial charge in [-0.1, -0.05) is 43.5 Å². The van der Waals surface area contributed by atoms with E-state index in [4.69, 9.17) is 21.1 Å². The highest BCUT2D eigenvalue weighted by atomic mass is 35.5. The number of likely N-dealkylation sites (tertiary alicyclic amines) is 1. The van der Waals surface area contributed by atoms with E-state index in [0.717, 1.165) is 43.4 Å². The molecule has 1 saturated carbocycles. The van der Waals surface area contributed by atoms with Gasteiger partial charge in [-0.2, -0.15) is 0 Å². The Balaban J connectivity index is 1.82. The smallest absolute Gasteiger partial charge is 0.295 e. The Hall–Kier alpha value is -2.99. The highest BCUT2D eigenvalue weighted by Gasteiger charge is 2.49. The molecular weight excluding hydrogens is 442 g/mol. The van der Waals surface area contributed by atoms with E-state index >= 15 is 0 Å². The molecule has 1 N–H and O–H groups in total. The van der Waals surface area contributed by atoms with Gasteiger partial charge in [0.1, 0.15) is 17.3 Å². The highest BCUT2D eigenvalue weighted by molar-refractivity contribution is 6.46. The van der Waals surface area contributed by atoms with Gasteiger partial charge in [0, 0.05) is 11.6 Å². The first-order chi connectivity index (χ1) is 16.0. The van der Waals surface area contributed by atoms with Crippen LogP contribution in [0, 0.1) is 0 Å². The van der Waals surface area contributed by atoms with Gasteiger partial charge in [-0.25, -0.2) is 0 Å². The van der Waals surface area contributed by atoms with Gasteiger partial charge in [-0.05, 0) is 55.2 Å². The largest absolute Gasteiger partial charge is 0.507 e. The van der Waals surface area contributed by atoms with E-state index in [0.29, 0.717) is 22.9 Å². The number of methoxy groups -OCH3 is 1. The Bertz CT molecular complexity index is 1070. The summed E-state index contributed by atoms with van der Waals surface area (Å²) in [6.45, 7) is 2.65. The molecule has 2 aromatic carbocycles. The lowest BCUT2D eigenvalue weighted by Crippen LogP contribution is -2.37. The molecule has 2 aromatic rings. The van der Waals surface area contributed by atoms with Crippen LogP contribution in [0.3, 0.4) is 0 Å². The third-order valence-corrected chi connectivity index (χ3v) is 6.60. The summed E-state index contributed by atoms with van der Waals surface area (Å²) >= 11 is 6.13. The van der Waals surface area contributed by atoms with Crippen LogP contribution in [0.15, 0.2) is 48.0 Å². The summed E-state index contributed by atoms with van der Waals surface area (Å²) in [5.74, 6) is -0.383. The second kappa shape index (κ2) is 9.87. The molecule has 0 aromatic heterocycles. The van der Waals surface area contributed by atoms with Gasteiger partial charge >= 0.3 is 0 Å². The summed E-state index contributed by atoms with van der Waals surface area (Å²) in [6.07, 6.45) is 4.61. The Morgan fingerprint density at radius 1 is 1.12 bits per heavy atom. The van der Waals surface area contributed by atoms with Crippen molar-refractivity contribution in [2.24, 2.45) is 0 Å². The number of hydrogen-bond acceptors (Lipinski definition) is 5. The van der Waals surface area contributed by atoms with Crippen LogP contribution in [0.4, 0.5) is 0 Å². The second-order valence-electron chi connectivity index (χ2n) is 8.41. The molecule has 1 heterocycles. The van der Waals surface area contributed by atoms with Crippen LogP contribution in [0.25, 0.3) is 5.76 Å². The minimum absolute atomic E-state index is 0.0347. The van der Waals surface area contributed by atoms with Crippen molar-refractivity contribution in [2.45, 2.75) is 51.1 Å². The molecule has 174 valence electrons. The number of aliphatic hydroxyl groups is 1. The Morgan fingerprint density at radius 2 is 1.82 bits per heavy atom. The monoisotopic (exact) mass is 469 g/mol. The van der Waals surface area contributed by atoms with Gasteiger partial charge in [-0.15, -0.1) is 0 Å². The Labute approximate surface area is 198 Å². The quantitative estimate of drug-likeness (QED) is 0.329. The maximum Gasteiger partial charge on any atom is 0.295 e. The fourth-order valence-corrected chi connectivity index (χ4v) is 4.86. The summed E-state index contributed by atoms with van der Waals surface area (Å²) in [7, 11) is 1.48. The van der Waals surface area contributed by atoms with E-state index in [1.807, 2.05) is 31.2 Å². The first-order valence-electron chi connectivity index (χ1n) is 11.3. The fraction of sp³-hybridized carbons (Fsp3) is 0.385. The molecular formula is C26H28ClNO5. The number of ether oxygens (including phenoxy) is 2. The van der Waals surface area contributed by atoms with Gasteiger partial charge < -0.3 is 19.5 Å². The molecule has 1 aliphatic carbocycles. The van der Waals surface area contributed by atoms with Crippen LogP contribution in [-0.4, -0.2) is 41.5 Å². The number of benzene rings is 2. The van der Waals surface area contributed by atoms with Crippen molar-refractivity contribution in [2.75, 3.05) is 13.7 Å². The number of hydrogen-bond donors (Lipinski definition) is 1. The summed E-state index contributed by atoms with van der Waals surface area (Å²) in [6, 6.07) is 11.5. The number of nitrogens with zero attached hydrogens (tertiary/aromatic N) is 1. The number of ketones is 1. The molecule has 33 heavy (non-hydrogen) atoms. The number of halogens is 1. The molecule has 4 rings (SSSR count). The molecule has 2 fully saturated rings. The van der Waals surface area contributed by atoms with Crippen molar-refractivity contribution < 1.29 is 24.2 Å². The van der Waals surface area contributed by atoms with Crippen LogP contribution in [0.2, 0.25) is 5.02 Å². The lowest BCUT2D eigenvalue weighted by atomic mass is 9.94. The van der Waals surface area contributed by atoms with Crippen molar-refractivity contribution in [3.63, 3.8) is 0 Å². The summed E-state index contributed by atoms with van der Waals surface area (Å²) in [5.41, 5.74) is 1.21. The predicted molar refractivity (Wildman–Crippen MR) is 127 cm³/mol. The molecule has 0 spiro atoms. The fourth-order valence-electron chi connectivity index (χ4n) is 4.67. The molecule has 1 amide bonds.